The van der Waals surface area contributed by atoms with Crippen LogP contribution >= 0.6 is 0 Å². The molecule has 4 rings (SSSR count). The third-order valence-electron chi connectivity index (χ3n) is 4.87. The standard InChI is InChI=1S/C18H17N5O9S/c24-22(25)13-1-2-14(18(8-13)33(28,29)21-3-5-30-6-4-21)20-19-10-12-7-16-17(32-11-31-16)9-15(12)23(26)27/h1-2,7-10,20H,3-6,11H2/b19-10+. The van der Waals surface area contributed by atoms with Crippen LogP contribution in [-0.2, 0) is 14.8 Å². The second-order valence-corrected chi connectivity index (χ2v) is 8.75. The molecule has 1 fully saturated rings. The first kappa shape index (κ1) is 22.4. The predicted molar refractivity (Wildman–Crippen MR) is 113 cm³/mol. The Morgan fingerprint density at radius 2 is 1.73 bits per heavy atom. The fourth-order valence-corrected chi connectivity index (χ4v) is 4.81. The number of non-ortho nitro benzene ring substituents is 1. The number of hydrogen-bond donors (Lipinski definition) is 1. The third-order valence-corrected chi connectivity index (χ3v) is 6.81. The second-order valence-electron chi connectivity index (χ2n) is 6.85. The van der Waals surface area contributed by atoms with Gasteiger partial charge in [0.2, 0.25) is 16.8 Å². The van der Waals surface area contributed by atoms with E-state index in [1.165, 1.54) is 18.2 Å². The lowest BCUT2D eigenvalue weighted by molar-refractivity contribution is -0.385. The molecule has 174 valence electrons. The maximum absolute atomic E-state index is 13.1. The molecule has 0 aliphatic carbocycles. The lowest BCUT2D eigenvalue weighted by Crippen LogP contribution is -2.40. The van der Waals surface area contributed by atoms with Crippen molar-refractivity contribution in [3.05, 3.63) is 56.1 Å². The fraction of sp³-hybridized carbons (Fsp3) is 0.278. The number of morpholine rings is 1. The number of nitro benzene ring substituents is 2. The Balaban J connectivity index is 1.67. The monoisotopic (exact) mass is 479 g/mol. The van der Waals surface area contributed by atoms with Crippen LogP contribution in [0.3, 0.4) is 0 Å². The van der Waals surface area contributed by atoms with Crippen molar-refractivity contribution in [1.82, 2.24) is 4.31 Å². The molecule has 0 saturated carbocycles. The molecule has 0 amide bonds. The highest BCUT2D eigenvalue weighted by Gasteiger charge is 2.30. The van der Waals surface area contributed by atoms with E-state index in [4.69, 9.17) is 14.2 Å². The van der Waals surface area contributed by atoms with E-state index in [0.717, 1.165) is 22.7 Å². The topological polar surface area (TPSA) is 176 Å². The minimum atomic E-state index is -4.11. The largest absolute Gasteiger partial charge is 0.454 e. The number of benzene rings is 2. The average Bonchev–Trinajstić information content (AvgIpc) is 3.26. The highest BCUT2D eigenvalue weighted by molar-refractivity contribution is 7.89. The Labute approximate surface area is 186 Å². The lowest BCUT2D eigenvalue weighted by atomic mass is 10.1. The molecule has 1 saturated heterocycles. The predicted octanol–water partition coefficient (Wildman–Crippen LogP) is 1.70. The molecule has 2 aromatic carbocycles. The van der Waals surface area contributed by atoms with E-state index in [-0.39, 0.29) is 60.7 Å². The van der Waals surface area contributed by atoms with E-state index in [9.17, 15) is 28.6 Å². The molecular weight excluding hydrogens is 462 g/mol. The summed E-state index contributed by atoms with van der Waals surface area (Å²) >= 11 is 0. The van der Waals surface area contributed by atoms with Crippen LogP contribution in [0, 0.1) is 20.2 Å². The Kier molecular flexibility index (Phi) is 6.08. The zero-order valence-corrected chi connectivity index (χ0v) is 17.7. The minimum Gasteiger partial charge on any atom is -0.454 e. The van der Waals surface area contributed by atoms with Crippen LogP contribution in [0.2, 0.25) is 0 Å². The van der Waals surface area contributed by atoms with Gasteiger partial charge in [0.25, 0.3) is 11.4 Å². The number of rotatable bonds is 7. The molecule has 2 aliphatic rings. The van der Waals surface area contributed by atoms with E-state index in [1.807, 2.05) is 0 Å². The van der Waals surface area contributed by atoms with Gasteiger partial charge in [-0.2, -0.15) is 9.41 Å². The van der Waals surface area contributed by atoms with Gasteiger partial charge in [-0.1, -0.05) is 0 Å². The number of nitro groups is 2. The van der Waals surface area contributed by atoms with Crippen LogP contribution in [0.15, 0.2) is 40.3 Å². The highest BCUT2D eigenvalue weighted by atomic mass is 32.2. The first-order valence-corrected chi connectivity index (χ1v) is 10.9. The van der Waals surface area contributed by atoms with Crippen LogP contribution < -0.4 is 14.9 Å². The molecule has 0 atom stereocenters. The van der Waals surface area contributed by atoms with E-state index in [1.54, 1.807) is 0 Å². The van der Waals surface area contributed by atoms with Crippen molar-refractivity contribution in [2.75, 3.05) is 38.5 Å². The molecule has 0 unspecified atom stereocenters. The number of sulfonamides is 1. The zero-order valence-electron chi connectivity index (χ0n) is 16.9. The van der Waals surface area contributed by atoms with Crippen LogP contribution in [0.4, 0.5) is 17.1 Å². The summed E-state index contributed by atoms with van der Waals surface area (Å²) in [5.74, 6) is 0.522. The molecule has 2 heterocycles. The molecule has 0 bridgehead atoms. The smallest absolute Gasteiger partial charge is 0.282 e. The molecule has 0 aromatic heterocycles. The quantitative estimate of drug-likeness (QED) is 0.349. The van der Waals surface area contributed by atoms with Gasteiger partial charge >= 0.3 is 0 Å². The maximum atomic E-state index is 13.1. The molecule has 0 spiro atoms. The van der Waals surface area contributed by atoms with Gasteiger partial charge in [0, 0.05) is 25.2 Å². The molecule has 14 nitrogen and oxygen atoms in total. The van der Waals surface area contributed by atoms with Crippen LogP contribution in [0.25, 0.3) is 0 Å². The highest BCUT2D eigenvalue weighted by Crippen LogP contribution is 2.37. The van der Waals surface area contributed by atoms with E-state index in [0.29, 0.717) is 5.75 Å². The Hall–Kier alpha value is -3.82. The summed E-state index contributed by atoms with van der Waals surface area (Å²) in [7, 11) is -4.11. The van der Waals surface area contributed by atoms with Crippen LogP contribution in [-0.4, -0.2) is 61.9 Å². The zero-order chi connectivity index (χ0) is 23.6. The number of nitrogens with zero attached hydrogens (tertiary/aromatic N) is 4. The summed E-state index contributed by atoms with van der Waals surface area (Å²) in [6, 6.07) is 5.83. The van der Waals surface area contributed by atoms with Crippen molar-refractivity contribution >= 4 is 33.3 Å². The summed E-state index contributed by atoms with van der Waals surface area (Å²) in [6.07, 6.45) is 1.12. The Morgan fingerprint density at radius 1 is 1.03 bits per heavy atom. The normalized spacial score (nSPS) is 16.1. The first-order chi connectivity index (χ1) is 15.8. The van der Waals surface area contributed by atoms with Crippen LogP contribution in [0.5, 0.6) is 11.5 Å². The summed E-state index contributed by atoms with van der Waals surface area (Å²) < 4.78 is 42.9. The second kappa shape index (κ2) is 8.97. The summed E-state index contributed by atoms with van der Waals surface area (Å²) in [5, 5.41) is 26.5. The van der Waals surface area contributed by atoms with Crippen molar-refractivity contribution < 1.29 is 32.5 Å². The minimum absolute atomic E-state index is 0.0354. The number of hydrazone groups is 1. The summed E-state index contributed by atoms with van der Waals surface area (Å²) in [4.78, 5) is 20.9. The first-order valence-electron chi connectivity index (χ1n) is 9.51. The van der Waals surface area contributed by atoms with Gasteiger partial charge in [-0.25, -0.2) is 8.42 Å². The van der Waals surface area contributed by atoms with Crippen molar-refractivity contribution in [2.45, 2.75) is 4.90 Å². The van der Waals surface area contributed by atoms with Gasteiger partial charge in [0.15, 0.2) is 11.5 Å². The number of ether oxygens (including phenoxy) is 3. The Bertz CT molecular complexity index is 1240. The average molecular weight is 479 g/mol. The van der Waals surface area contributed by atoms with Gasteiger partial charge < -0.3 is 14.2 Å². The van der Waals surface area contributed by atoms with Crippen molar-refractivity contribution in [3.63, 3.8) is 0 Å². The molecule has 33 heavy (non-hydrogen) atoms. The van der Waals surface area contributed by atoms with Gasteiger partial charge in [-0.05, 0) is 12.1 Å². The summed E-state index contributed by atoms with van der Waals surface area (Å²) in [6.45, 7) is 0.511. The van der Waals surface area contributed by atoms with Gasteiger partial charge in [-0.3, -0.25) is 25.7 Å². The lowest BCUT2D eigenvalue weighted by Gasteiger charge is -2.26. The van der Waals surface area contributed by atoms with Gasteiger partial charge in [-0.15, -0.1) is 0 Å². The molecule has 0 radical (unpaired) electrons. The molecular formula is C18H17N5O9S. The van der Waals surface area contributed by atoms with Gasteiger partial charge in [0.1, 0.15) is 4.90 Å². The molecule has 2 aromatic rings. The van der Waals surface area contributed by atoms with Crippen molar-refractivity contribution in [2.24, 2.45) is 5.10 Å². The SMILES string of the molecule is O=[N+]([O-])c1ccc(N/N=C/c2cc3c(cc2[N+](=O)[O-])OCO3)c(S(=O)(=O)N2CCOCC2)c1. The van der Waals surface area contributed by atoms with Gasteiger partial charge in [0.05, 0.1) is 46.6 Å². The summed E-state index contributed by atoms with van der Waals surface area (Å²) in [5.41, 5.74) is 1.86. The van der Waals surface area contributed by atoms with Crippen molar-refractivity contribution in [1.29, 1.82) is 0 Å². The van der Waals surface area contributed by atoms with Crippen molar-refractivity contribution in [3.8, 4) is 11.5 Å². The number of nitrogens with one attached hydrogen (secondary N) is 1. The fourth-order valence-electron chi connectivity index (χ4n) is 3.24. The Morgan fingerprint density at radius 3 is 2.39 bits per heavy atom. The number of fused-ring (bicyclic) bond motifs is 1. The maximum Gasteiger partial charge on any atom is 0.282 e. The van der Waals surface area contributed by atoms with E-state index < -0.39 is 25.6 Å². The van der Waals surface area contributed by atoms with Crippen LogP contribution in [0.1, 0.15) is 5.56 Å². The molecule has 2 aliphatic heterocycles. The molecule has 1 N–H and O–H groups in total. The number of anilines is 1. The van der Waals surface area contributed by atoms with E-state index >= 15 is 0 Å². The molecule has 15 heteroatoms. The number of hydrogen-bond acceptors (Lipinski definition) is 11. The third kappa shape index (κ3) is 4.55. The van der Waals surface area contributed by atoms with E-state index in [2.05, 4.69) is 10.5 Å².